The van der Waals surface area contributed by atoms with Crippen LogP contribution < -0.4 is 5.43 Å². The molecule has 2 heterocycles. The third-order valence-corrected chi connectivity index (χ3v) is 3.10. The second-order valence-corrected chi connectivity index (χ2v) is 5.09. The molecule has 74 valence electrons. The van der Waals surface area contributed by atoms with Gasteiger partial charge in [0.15, 0.2) is 0 Å². The van der Waals surface area contributed by atoms with E-state index in [1.54, 1.807) is 0 Å². The number of nitrogens with zero attached hydrogens (tertiary/aromatic N) is 1. The molecule has 2 nitrogen and oxygen atoms in total. The summed E-state index contributed by atoms with van der Waals surface area (Å²) in [4.78, 5) is 0. The Balaban J connectivity index is 2.24. The highest BCUT2D eigenvalue weighted by atomic mass is 15.5. The van der Waals surface area contributed by atoms with Crippen LogP contribution in [-0.4, -0.2) is 18.1 Å². The molecule has 2 aliphatic rings. The van der Waals surface area contributed by atoms with Crippen molar-refractivity contribution in [2.75, 3.05) is 13.1 Å². The molecule has 0 spiro atoms. The van der Waals surface area contributed by atoms with Gasteiger partial charge in [-0.3, -0.25) is 0 Å². The normalized spacial score (nSPS) is 32.4. The van der Waals surface area contributed by atoms with Crippen molar-refractivity contribution in [2.24, 2.45) is 11.3 Å². The molecule has 1 atom stereocenters. The summed E-state index contributed by atoms with van der Waals surface area (Å²) < 4.78 is 0. The van der Waals surface area contributed by atoms with Gasteiger partial charge in [-0.15, -0.1) is 0 Å². The van der Waals surface area contributed by atoms with E-state index in [9.17, 15) is 0 Å². The van der Waals surface area contributed by atoms with E-state index in [4.69, 9.17) is 0 Å². The number of nitrogens with one attached hydrogen (secondary N) is 1. The minimum Gasteiger partial charge on any atom is -0.313 e. The summed E-state index contributed by atoms with van der Waals surface area (Å²) in [7, 11) is 0. The molecular weight excluding hydrogens is 160 g/mol. The third kappa shape index (κ3) is 1.73. The number of hydrogen-bond donors (Lipinski definition) is 1. The Morgan fingerprint density at radius 2 is 2.31 bits per heavy atom. The summed E-state index contributed by atoms with van der Waals surface area (Å²) in [6.45, 7) is 9.19. The minimum absolute atomic E-state index is 0.331. The van der Waals surface area contributed by atoms with Gasteiger partial charge in [0.2, 0.25) is 0 Å². The summed E-state index contributed by atoms with van der Waals surface area (Å²) in [6, 6.07) is 0. The Morgan fingerprint density at radius 1 is 1.54 bits per heavy atom. The predicted octanol–water partition coefficient (Wildman–Crippen LogP) is 2.15. The molecule has 0 aromatic rings. The van der Waals surface area contributed by atoms with Gasteiger partial charge in [0.25, 0.3) is 0 Å². The van der Waals surface area contributed by atoms with Crippen molar-refractivity contribution in [3.05, 3.63) is 11.8 Å². The van der Waals surface area contributed by atoms with Crippen LogP contribution in [-0.2, 0) is 0 Å². The van der Waals surface area contributed by atoms with Crippen molar-refractivity contribution in [3.8, 4) is 0 Å². The lowest BCUT2D eigenvalue weighted by Crippen LogP contribution is -2.50. The van der Waals surface area contributed by atoms with Crippen LogP contribution in [0, 0.1) is 11.3 Å². The molecule has 0 aromatic heterocycles. The van der Waals surface area contributed by atoms with Crippen molar-refractivity contribution in [1.29, 1.82) is 0 Å². The molecule has 0 aliphatic carbocycles. The molecule has 0 amide bonds. The zero-order chi connectivity index (χ0) is 9.47. The Labute approximate surface area is 81.0 Å². The second-order valence-electron chi connectivity index (χ2n) is 5.09. The maximum atomic E-state index is 3.51. The maximum absolute atomic E-state index is 3.51. The molecule has 0 unspecified atom stereocenters. The van der Waals surface area contributed by atoms with Gasteiger partial charge in [-0.2, -0.15) is 0 Å². The Kier molecular flexibility index (Phi) is 2.11. The van der Waals surface area contributed by atoms with Crippen LogP contribution in [0.25, 0.3) is 0 Å². The lowest BCUT2D eigenvalue weighted by Gasteiger charge is -2.43. The molecule has 2 aliphatic heterocycles. The fraction of sp³-hybridized carbons (Fsp3) is 0.818. The van der Waals surface area contributed by atoms with Crippen LogP contribution in [0.5, 0.6) is 0 Å². The van der Waals surface area contributed by atoms with E-state index in [2.05, 4.69) is 37.3 Å². The topological polar surface area (TPSA) is 15.3 Å². The van der Waals surface area contributed by atoms with Crippen molar-refractivity contribution < 1.29 is 0 Å². The fourth-order valence-corrected chi connectivity index (χ4v) is 2.24. The van der Waals surface area contributed by atoms with Crippen molar-refractivity contribution in [2.45, 2.75) is 33.6 Å². The smallest absolute Gasteiger partial charge is 0.0341 e. The van der Waals surface area contributed by atoms with Gasteiger partial charge in [-0.25, -0.2) is 5.43 Å². The first-order chi connectivity index (χ1) is 6.08. The van der Waals surface area contributed by atoms with Crippen LogP contribution in [0.1, 0.15) is 33.6 Å². The second kappa shape index (κ2) is 3.02. The summed E-state index contributed by atoms with van der Waals surface area (Å²) in [5, 5.41) is 2.35. The first-order valence-electron chi connectivity index (χ1n) is 5.32. The number of piperidine rings is 1. The Bertz CT molecular complexity index is 230. The van der Waals surface area contributed by atoms with E-state index in [0.29, 0.717) is 5.41 Å². The number of fused-ring (bicyclic) bond motifs is 1. The number of rotatable bonds is 0. The molecule has 13 heavy (non-hydrogen) atoms. The molecule has 0 aromatic carbocycles. The summed E-state index contributed by atoms with van der Waals surface area (Å²) in [6.07, 6.45) is 5.12. The van der Waals surface area contributed by atoms with Crippen LogP contribution in [0.4, 0.5) is 0 Å². The quantitative estimate of drug-likeness (QED) is 0.614. The minimum atomic E-state index is 0.331. The number of hydrogen-bond acceptors (Lipinski definition) is 2. The van der Waals surface area contributed by atoms with Gasteiger partial charge in [-0.1, -0.05) is 26.8 Å². The Hall–Kier alpha value is -0.500. The van der Waals surface area contributed by atoms with E-state index in [1.165, 1.54) is 25.1 Å². The molecule has 2 rings (SSSR count). The maximum Gasteiger partial charge on any atom is 0.0341 e. The average Bonchev–Trinajstić information content (AvgIpc) is 2.06. The van der Waals surface area contributed by atoms with Crippen LogP contribution in [0.15, 0.2) is 11.8 Å². The molecule has 1 saturated heterocycles. The van der Waals surface area contributed by atoms with Crippen molar-refractivity contribution in [3.63, 3.8) is 0 Å². The number of allylic oxidation sites excluding steroid dienone is 1. The predicted molar refractivity (Wildman–Crippen MR) is 55.0 cm³/mol. The highest BCUT2D eigenvalue weighted by Crippen LogP contribution is 2.32. The van der Waals surface area contributed by atoms with Gasteiger partial charge < -0.3 is 5.01 Å². The SMILES string of the molecule is C[C@@H]1CCCN2NCC(C)(C)C=C12. The third-order valence-electron chi connectivity index (χ3n) is 3.10. The summed E-state index contributed by atoms with van der Waals surface area (Å²) >= 11 is 0. The van der Waals surface area contributed by atoms with E-state index < -0.39 is 0 Å². The molecule has 0 radical (unpaired) electrons. The monoisotopic (exact) mass is 180 g/mol. The first-order valence-corrected chi connectivity index (χ1v) is 5.32. The number of hydrazine groups is 1. The van der Waals surface area contributed by atoms with Gasteiger partial charge in [0, 0.05) is 18.8 Å². The molecular formula is C11H20N2. The van der Waals surface area contributed by atoms with Crippen LogP contribution >= 0.6 is 0 Å². The lowest BCUT2D eigenvalue weighted by molar-refractivity contribution is 0.135. The van der Waals surface area contributed by atoms with Crippen molar-refractivity contribution in [1.82, 2.24) is 10.4 Å². The summed E-state index contributed by atoms with van der Waals surface area (Å²) in [5.74, 6) is 0.737. The van der Waals surface area contributed by atoms with Crippen LogP contribution in [0.2, 0.25) is 0 Å². The zero-order valence-corrected chi connectivity index (χ0v) is 8.93. The highest BCUT2D eigenvalue weighted by molar-refractivity contribution is 5.14. The molecule has 0 saturated carbocycles. The largest absolute Gasteiger partial charge is 0.313 e. The molecule has 0 bridgehead atoms. The first kappa shape index (κ1) is 9.07. The van der Waals surface area contributed by atoms with E-state index >= 15 is 0 Å². The van der Waals surface area contributed by atoms with Gasteiger partial charge >= 0.3 is 0 Å². The van der Waals surface area contributed by atoms with Gasteiger partial charge in [-0.05, 0) is 24.2 Å². The zero-order valence-electron chi connectivity index (χ0n) is 8.93. The highest BCUT2D eigenvalue weighted by Gasteiger charge is 2.29. The fourth-order valence-electron chi connectivity index (χ4n) is 2.24. The molecule has 1 N–H and O–H groups in total. The summed E-state index contributed by atoms with van der Waals surface area (Å²) in [5.41, 5.74) is 5.35. The Morgan fingerprint density at radius 3 is 3.08 bits per heavy atom. The van der Waals surface area contributed by atoms with Crippen LogP contribution in [0.3, 0.4) is 0 Å². The molecule has 1 fully saturated rings. The van der Waals surface area contributed by atoms with Crippen molar-refractivity contribution >= 4 is 0 Å². The standard InChI is InChI=1S/C11H20N2/c1-9-5-4-6-13-10(9)7-11(2,3)8-12-13/h7,9,12H,4-6,8H2,1-3H3/t9-/m1/s1. The van der Waals surface area contributed by atoms with Gasteiger partial charge in [0.05, 0.1) is 0 Å². The molecule has 2 heteroatoms. The van der Waals surface area contributed by atoms with E-state index in [0.717, 1.165) is 12.5 Å². The van der Waals surface area contributed by atoms with Gasteiger partial charge in [0.1, 0.15) is 0 Å². The lowest BCUT2D eigenvalue weighted by atomic mass is 9.85. The van der Waals surface area contributed by atoms with E-state index in [-0.39, 0.29) is 0 Å². The average molecular weight is 180 g/mol. The van der Waals surface area contributed by atoms with E-state index in [1.807, 2.05) is 0 Å².